The smallest absolute Gasteiger partial charge is 0.319 e. The van der Waals surface area contributed by atoms with Gasteiger partial charge in [0.2, 0.25) is 0 Å². The number of carboxylic acid groups (broad SMARTS) is 1. The van der Waals surface area contributed by atoms with Gasteiger partial charge < -0.3 is 9.84 Å². The van der Waals surface area contributed by atoms with E-state index in [1.54, 1.807) is 13.8 Å². The Morgan fingerprint density at radius 3 is 2.53 bits per heavy atom. The van der Waals surface area contributed by atoms with Crippen molar-refractivity contribution in [3.8, 4) is 0 Å². The number of carboxylic acids is 1. The number of carbonyl (C=O) groups excluding carboxylic acids is 1. The topological polar surface area (TPSA) is 63.6 Å². The molecule has 0 aromatic heterocycles. The van der Waals surface area contributed by atoms with Crippen LogP contribution in [0.1, 0.15) is 26.7 Å². The van der Waals surface area contributed by atoms with Crippen LogP contribution in [0.15, 0.2) is 0 Å². The molecule has 4 nitrogen and oxygen atoms in total. The third kappa shape index (κ3) is 3.12. The predicted molar refractivity (Wildman–Crippen MR) is 57.9 cm³/mol. The van der Waals surface area contributed by atoms with Gasteiger partial charge >= 0.3 is 11.9 Å². The van der Waals surface area contributed by atoms with E-state index in [1.807, 2.05) is 0 Å². The maximum Gasteiger partial charge on any atom is 0.319 e. The first-order chi connectivity index (χ1) is 7.00. The van der Waals surface area contributed by atoms with Gasteiger partial charge in [0.15, 0.2) is 0 Å². The summed E-state index contributed by atoms with van der Waals surface area (Å²) in [5.41, 5.74) is 0. The minimum Gasteiger partial charge on any atom is -0.480 e. The van der Waals surface area contributed by atoms with Crippen LogP contribution in [-0.4, -0.2) is 34.2 Å². The zero-order chi connectivity index (χ0) is 11.5. The number of hydrogen-bond donors (Lipinski definition) is 1. The fourth-order valence-corrected chi connectivity index (χ4v) is 2.50. The highest BCUT2D eigenvalue weighted by molar-refractivity contribution is 8.02. The third-order valence-electron chi connectivity index (χ3n) is 2.58. The third-order valence-corrected chi connectivity index (χ3v) is 4.06. The van der Waals surface area contributed by atoms with Gasteiger partial charge in [0, 0.05) is 0 Å². The average Bonchev–Trinajstić information content (AvgIpc) is 2.97. The normalized spacial score (nSPS) is 19.3. The molecular formula is C10H16O4S. The van der Waals surface area contributed by atoms with Crippen molar-refractivity contribution < 1.29 is 19.4 Å². The molecule has 1 atom stereocenters. The number of esters is 1. The lowest BCUT2D eigenvalue weighted by molar-refractivity contribution is -0.140. The Hall–Kier alpha value is -0.710. The van der Waals surface area contributed by atoms with Gasteiger partial charge in [0.05, 0.1) is 12.4 Å². The summed E-state index contributed by atoms with van der Waals surface area (Å²) in [6.07, 6.45) is 1.89. The van der Waals surface area contributed by atoms with Crippen molar-refractivity contribution in [3.63, 3.8) is 0 Å². The molecule has 1 aliphatic carbocycles. The quantitative estimate of drug-likeness (QED) is 0.704. The largest absolute Gasteiger partial charge is 0.480 e. The van der Waals surface area contributed by atoms with Crippen molar-refractivity contribution in [2.75, 3.05) is 12.4 Å². The van der Waals surface area contributed by atoms with E-state index in [0.717, 1.165) is 12.8 Å². The van der Waals surface area contributed by atoms with Crippen LogP contribution >= 0.6 is 11.8 Å². The fraction of sp³-hybridized carbons (Fsp3) is 0.800. The Balaban J connectivity index is 2.45. The number of rotatable bonds is 6. The first kappa shape index (κ1) is 12.4. The van der Waals surface area contributed by atoms with Crippen molar-refractivity contribution in [1.82, 2.24) is 0 Å². The fourth-order valence-electron chi connectivity index (χ4n) is 1.40. The van der Waals surface area contributed by atoms with Crippen molar-refractivity contribution in [2.24, 2.45) is 5.92 Å². The summed E-state index contributed by atoms with van der Waals surface area (Å²) < 4.78 is 3.94. The van der Waals surface area contributed by atoms with Crippen molar-refractivity contribution in [1.29, 1.82) is 0 Å². The molecule has 0 radical (unpaired) electrons. The van der Waals surface area contributed by atoms with Gasteiger partial charge in [0.1, 0.15) is 4.75 Å². The molecule has 1 aliphatic rings. The molecular weight excluding hydrogens is 216 g/mol. The number of hydrogen-bond acceptors (Lipinski definition) is 4. The van der Waals surface area contributed by atoms with Crippen molar-refractivity contribution in [3.05, 3.63) is 0 Å². The molecule has 0 aromatic rings. The van der Waals surface area contributed by atoms with Crippen LogP contribution in [0, 0.1) is 5.92 Å². The number of thioether (sulfide) groups is 1. The van der Waals surface area contributed by atoms with Crippen LogP contribution in [0.2, 0.25) is 0 Å². The number of aliphatic carboxylic acids is 1. The van der Waals surface area contributed by atoms with Gasteiger partial charge in [-0.25, -0.2) is 0 Å². The molecule has 1 fully saturated rings. The van der Waals surface area contributed by atoms with Crippen molar-refractivity contribution >= 4 is 23.7 Å². The minimum atomic E-state index is -0.834. The van der Waals surface area contributed by atoms with Gasteiger partial charge in [-0.05, 0) is 32.6 Å². The molecule has 1 rings (SSSR count). The molecule has 86 valence electrons. The summed E-state index contributed by atoms with van der Waals surface area (Å²) in [5.74, 6) is -0.850. The standard InChI is InChI=1S/C10H16O4S/c1-3-14-8(11)6-15-10(2,9(12)13)7-4-5-7/h7H,3-6H2,1-2H3,(H,12,13). The predicted octanol–water partition coefficient (Wildman–Crippen LogP) is 1.54. The minimum absolute atomic E-state index is 0.118. The van der Waals surface area contributed by atoms with Crippen LogP contribution in [0.4, 0.5) is 0 Å². The summed E-state index contributed by atoms with van der Waals surface area (Å²) in [6.45, 7) is 3.77. The lowest BCUT2D eigenvalue weighted by Gasteiger charge is -2.23. The maximum atomic E-state index is 11.1. The Bertz CT molecular complexity index is 262. The lowest BCUT2D eigenvalue weighted by Crippen LogP contribution is -2.35. The highest BCUT2D eigenvalue weighted by Crippen LogP contribution is 2.47. The second-order valence-corrected chi connectivity index (χ2v) is 5.21. The molecule has 0 bridgehead atoms. The van der Waals surface area contributed by atoms with Gasteiger partial charge in [-0.1, -0.05) is 0 Å². The van der Waals surface area contributed by atoms with E-state index in [-0.39, 0.29) is 17.6 Å². The summed E-state index contributed by atoms with van der Waals surface area (Å²) in [7, 11) is 0. The summed E-state index contributed by atoms with van der Waals surface area (Å²) in [4.78, 5) is 22.2. The Labute approximate surface area is 93.4 Å². The molecule has 5 heteroatoms. The molecule has 0 saturated heterocycles. The van der Waals surface area contributed by atoms with Gasteiger partial charge in [-0.2, -0.15) is 0 Å². The van der Waals surface area contributed by atoms with Crippen LogP contribution < -0.4 is 0 Å². The Kier molecular flexibility index (Phi) is 4.02. The van der Waals surface area contributed by atoms with Crippen LogP contribution in [0.25, 0.3) is 0 Å². The average molecular weight is 232 g/mol. The van der Waals surface area contributed by atoms with Gasteiger partial charge in [0.25, 0.3) is 0 Å². The Morgan fingerprint density at radius 1 is 1.53 bits per heavy atom. The molecule has 0 heterocycles. The first-order valence-electron chi connectivity index (χ1n) is 5.03. The Morgan fingerprint density at radius 2 is 2.13 bits per heavy atom. The van der Waals surface area contributed by atoms with E-state index in [4.69, 9.17) is 9.84 Å². The van der Waals surface area contributed by atoms with Gasteiger partial charge in [-0.15, -0.1) is 11.8 Å². The number of ether oxygens (including phenoxy) is 1. The van der Waals surface area contributed by atoms with E-state index in [1.165, 1.54) is 11.8 Å². The highest BCUT2D eigenvalue weighted by atomic mass is 32.2. The van der Waals surface area contributed by atoms with Crippen molar-refractivity contribution in [2.45, 2.75) is 31.4 Å². The summed E-state index contributed by atoms with van der Waals surface area (Å²) in [6, 6.07) is 0. The van der Waals surface area contributed by atoms with Gasteiger partial charge in [-0.3, -0.25) is 9.59 Å². The SMILES string of the molecule is CCOC(=O)CSC(C)(C(=O)O)C1CC1. The van der Waals surface area contributed by atoms with E-state index < -0.39 is 10.7 Å². The monoisotopic (exact) mass is 232 g/mol. The zero-order valence-electron chi connectivity index (χ0n) is 8.99. The zero-order valence-corrected chi connectivity index (χ0v) is 9.80. The van der Waals surface area contributed by atoms with E-state index >= 15 is 0 Å². The highest BCUT2D eigenvalue weighted by Gasteiger charge is 2.48. The van der Waals surface area contributed by atoms with E-state index in [2.05, 4.69) is 0 Å². The molecule has 0 aromatic carbocycles. The van der Waals surface area contributed by atoms with Crippen LogP contribution in [0.3, 0.4) is 0 Å². The molecule has 1 unspecified atom stereocenters. The summed E-state index contributed by atoms with van der Waals surface area (Å²) in [5, 5.41) is 9.11. The summed E-state index contributed by atoms with van der Waals surface area (Å²) >= 11 is 1.18. The lowest BCUT2D eigenvalue weighted by atomic mass is 10.1. The number of carbonyl (C=O) groups is 2. The second-order valence-electron chi connectivity index (χ2n) is 3.78. The molecule has 15 heavy (non-hydrogen) atoms. The maximum absolute atomic E-state index is 11.1. The van der Waals surface area contributed by atoms with Crippen LogP contribution in [0.5, 0.6) is 0 Å². The first-order valence-corrected chi connectivity index (χ1v) is 6.02. The van der Waals surface area contributed by atoms with E-state index in [0.29, 0.717) is 6.61 Å². The second kappa shape index (κ2) is 4.88. The molecule has 1 saturated carbocycles. The molecule has 0 amide bonds. The molecule has 1 N–H and O–H groups in total. The van der Waals surface area contributed by atoms with Crippen LogP contribution in [-0.2, 0) is 14.3 Å². The van der Waals surface area contributed by atoms with E-state index in [9.17, 15) is 9.59 Å². The molecule has 0 aliphatic heterocycles. The molecule has 0 spiro atoms.